The molecule has 0 N–H and O–H groups in total. The summed E-state index contributed by atoms with van der Waals surface area (Å²) < 4.78 is 13.1. The first-order valence-electron chi connectivity index (χ1n) is 8.56. The molecule has 0 saturated carbocycles. The number of rotatable bonds is 6. The Morgan fingerprint density at radius 1 is 1.29 bits per heavy atom. The highest BCUT2D eigenvalue weighted by Crippen LogP contribution is 2.30. The Balaban J connectivity index is 1.80. The van der Waals surface area contributed by atoms with E-state index < -0.39 is 4.92 Å². The molecule has 1 atom stereocenters. The van der Waals surface area contributed by atoms with Gasteiger partial charge in [-0.05, 0) is 24.1 Å². The molecule has 1 amide bonds. The number of nitro groups is 1. The van der Waals surface area contributed by atoms with Crippen molar-refractivity contribution in [1.82, 2.24) is 4.90 Å². The summed E-state index contributed by atoms with van der Waals surface area (Å²) in [5, 5.41) is 19.2. The van der Waals surface area contributed by atoms with Crippen LogP contribution in [-0.4, -0.2) is 32.4 Å². The van der Waals surface area contributed by atoms with E-state index in [1.165, 1.54) is 47.1 Å². The van der Waals surface area contributed by atoms with Crippen molar-refractivity contribution < 1.29 is 14.1 Å². The predicted molar refractivity (Wildman–Crippen MR) is 107 cm³/mol. The molecule has 0 bridgehead atoms. The molecule has 2 aromatic carbocycles. The molecule has 1 heterocycles. The van der Waals surface area contributed by atoms with Gasteiger partial charge in [0.15, 0.2) is 5.17 Å². The van der Waals surface area contributed by atoms with Gasteiger partial charge in [-0.1, -0.05) is 43.0 Å². The Morgan fingerprint density at radius 2 is 2.04 bits per heavy atom. The van der Waals surface area contributed by atoms with Gasteiger partial charge in [-0.15, -0.1) is 5.10 Å². The lowest BCUT2D eigenvalue weighted by Gasteiger charge is -2.15. The van der Waals surface area contributed by atoms with E-state index in [1.807, 2.05) is 6.92 Å². The predicted octanol–water partition coefficient (Wildman–Crippen LogP) is 3.98. The van der Waals surface area contributed by atoms with Crippen LogP contribution in [0.1, 0.15) is 24.5 Å². The number of amidine groups is 1. The highest BCUT2D eigenvalue weighted by molar-refractivity contribution is 8.15. The first-order chi connectivity index (χ1) is 13.5. The molecule has 1 fully saturated rings. The van der Waals surface area contributed by atoms with Gasteiger partial charge in [-0.3, -0.25) is 19.8 Å². The van der Waals surface area contributed by atoms with Gasteiger partial charge >= 0.3 is 0 Å². The van der Waals surface area contributed by atoms with Crippen LogP contribution in [0.2, 0.25) is 0 Å². The average Bonchev–Trinajstić information content (AvgIpc) is 2.99. The number of hydrogen-bond acceptors (Lipinski definition) is 6. The Morgan fingerprint density at radius 3 is 2.71 bits per heavy atom. The number of nitrogens with zero attached hydrogens (tertiary/aromatic N) is 4. The maximum atomic E-state index is 13.1. The van der Waals surface area contributed by atoms with Crippen LogP contribution >= 0.6 is 11.8 Å². The minimum absolute atomic E-state index is 0.0361. The molecule has 1 unspecified atom stereocenters. The summed E-state index contributed by atoms with van der Waals surface area (Å²) in [5.41, 5.74) is 1.28. The van der Waals surface area contributed by atoms with Crippen LogP contribution in [0.15, 0.2) is 58.7 Å². The molecule has 144 valence electrons. The van der Waals surface area contributed by atoms with Crippen LogP contribution in [0.4, 0.5) is 10.1 Å². The topological polar surface area (TPSA) is 88.2 Å². The van der Waals surface area contributed by atoms with Gasteiger partial charge in [0.05, 0.1) is 22.9 Å². The molecule has 0 aromatic heterocycles. The summed E-state index contributed by atoms with van der Waals surface area (Å²) >= 11 is 1.32. The second-order valence-corrected chi connectivity index (χ2v) is 7.21. The molecular formula is C19H17FN4O3S. The zero-order valence-corrected chi connectivity index (χ0v) is 15.8. The summed E-state index contributed by atoms with van der Waals surface area (Å²) in [6.45, 7) is 2.19. The summed E-state index contributed by atoms with van der Waals surface area (Å²) in [5.74, 6) is -0.408. The van der Waals surface area contributed by atoms with Crippen molar-refractivity contribution in [2.24, 2.45) is 10.2 Å². The number of amides is 1. The number of non-ortho nitro benzene ring substituents is 1. The van der Waals surface area contributed by atoms with Crippen LogP contribution in [0.5, 0.6) is 0 Å². The van der Waals surface area contributed by atoms with E-state index in [0.29, 0.717) is 17.2 Å². The van der Waals surface area contributed by atoms with Gasteiger partial charge in [0.1, 0.15) is 5.82 Å². The minimum Gasteiger partial charge on any atom is -0.284 e. The lowest BCUT2D eigenvalue weighted by atomic mass is 10.2. The van der Waals surface area contributed by atoms with Crippen molar-refractivity contribution in [3.63, 3.8) is 0 Å². The lowest BCUT2D eigenvalue weighted by Crippen LogP contribution is -2.31. The Bertz CT molecular complexity index is 946. The Labute approximate surface area is 165 Å². The molecule has 0 aliphatic carbocycles. The second-order valence-electron chi connectivity index (χ2n) is 6.04. The monoisotopic (exact) mass is 400 g/mol. The second kappa shape index (κ2) is 8.75. The summed E-state index contributed by atoms with van der Waals surface area (Å²) in [6, 6.07) is 12.0. The number of nitro benzene ring substituents is 1. The summed E-state index contributed by atoms with van der Waals surface area (Å²) in [4.78, 5) is 24.5. The van der Waals surface area contributed by atoms with Gasteiger partial charge in [0, 0.05) is 17.7 Å². The lowest BCUT2D eigenvalue weighted by molar-refractivity contribution is -0.384. The highest BCUT2D eigenvalue weighted by atomic mass is 32.2. The third kappa shape index (κ3) is 4.61. The average molecular weight is 400 g/mol. The van der Waals surface area contributed by atoms with Gasteiger partial charge in [0.25, 0.3) is 5.69 Å². The van der Waals surface area contributed by atoms with E-state index in [0.717, 1.165) is 5.56 Å². The molecule has 1 saturated heterocycles. The van der Waals surface area contributed by atoms with Crippen LogP contribution < -0.4 is 0 Å². The molecule has 28 heavy (non-hydrogen) atoms. The SMILES string of the molecule is CCC1SC(=NN=Cc2cccc([N+](=O)[O-])c2)N(Cc2ccc(F)cc2)C1=O. The van der Waals surface area contributed by atoms with E-state index in [9.17, 15) is 19.3 Å². The number of thioether (sulfide) groups is 1. The van der Waals surface area contributed by atoms with E-state index in [2.05, 4.69) is 10.2 Å². The molecule has 1 aliphatic rings. The van der Waals surface area contributed by atoms with Crippen LogP contribution in [0, 0.1) is 15.9 Å². The number of carbonyl (C=O) groups is 1. The fourth-order valence-electron chi connectivity index (χ4n) is 2.63. The number of hydrogen-bond donors (Lipinski definition) is 0. The molecule has 3 rings (SSSR count). The van der Waals surface area contributed by atoms with E-state index >= 15 is 0 Å². The van der Waals surface area contributed by atoms with E-state index in [4.69, 9.17) is 0 Å². The highest BCUT2D eigenvalue weighted by Gasteiger charge is 2.36. The standard InChI is InChI=1S/C19H17FN4O3S/c1-2-17-18(25)23(12-13-6-8-15(20)9-7-13)19(28-17)22-21-11-14-4-3-5-16(10-14)24(26)27/h3-11,17H,2,12H2,1H3. The first kappa shape index (κ1) is 19.7. The zero-order chi connectivity index (χ0) is 20.1. The first-order valence-corrected chi connectivity index (χ1v) is 9.44. The fraction of sp³-hybridized carbons (Fsp3) is 0.211. The quantitative estimate of drug-likeness (QED) is 0.417. The summed E-state index contributed by atoms with van der Waals surface area (Å²) in [6.07, 6.45) is 2.05. The zero-order valence-electron chi connectivity index (χ0n) is 15.0. The molecular weight excluding hydrogens is 383 g/mol. The number of benzene rings is 2. The Hall–Kier alpha value is -3.07. The maximum absolute atomic E-state index is 13.1. The van der Waals surface area contributed by atoms with Crippen molar-refractivity contribution in [3.8, 4) is 0 Å². The molecule has 2 aromatic rings. The normalized spacial score (nSPS) is 18.4. The van der Waals surface area contributed by atoms with Crippen molar-refractivity contribution >= 4 is 34.7 Å². The summed E-state index contributed by atoms with van der Waals surface area (Å²) in [7, 11) is 0. The molecule has 1 aliphatic heterocycles. The van der Waals surface area contributed by atoms with Crippen LogP contribution in [0.25, 0.3) is 0 Å². The molecule has 0 spiro atoms. The largest absolute Gasteiger partial charge is 0.284 e. The molecule has 0 radical (unpaired) electrons. The fourth-order valence-corrected chi connectivity index (χ4v) is 3.65. The molecule has 9 heteroatoms. The Kier molecular flexibility index (Phi) is 6.15. The van der Waals surface area contributed by atoms with Gasteiger partial charge in [-0.25, -0.2) is 4.39 Å². The van der Waals surface area contributed by atoms with Crippen molar-refractivity contribution in [2.45, 2.75) is 25.1 Å². The van der Waals surface area contributed by atoms with Crippen molar-refractivity contribution in [1.29, 1.82) is 0 Å². The smallest absolute Gasteiger partial charge is 0.270 e. The van der Waals surface area contributed by atoms with Gasteiger partial charge in [0.2, 0.25) is 5.91 Å². The van der Waals surface area contributed by atoms with Crippen molar-refractivity contribution in [2.75, 3.05) is 0 Å². The third-order valence-corrected chi connectivity index (χ3v) is 5.41. The minimum atomic E-state index is -0.481. The van der Waals surface area contributed by atoms with Gasteiger partial charge < -0.3 is 0 Å². The van der Waals surface area contributed by atoms with Crippen LogP contribution in [-0.2, 0) is 11.3 Å². The molecule has 7 nitrogen and oxygen atoms in total. The number of halogens is 1. The van der Waals surface area contributed by atoms with E-state index in [1.54, 1.807) is 24.3 Å². The maximum Gasteiger partial charge on any atom is 0.270 e. The number of carbonyl (C=O) groups excluding carboxylic acids is 1. The van der Waals surface area contributed by atoms with E-state index in [-0.39, 0.29) is 29.2 Å². The van der Waals surface area contributed by atoms with Gasteiger partial charge in [-0.2, -0.15) is 5.10 Å². The van der Waals surface area contributed by atoms with Crippen molar-refractivity contribution in [3.05, 3.63) is 75.6 Å². The van der Waals surface area contributed by atoms with Crippen LogP contribution in [0.3, 0.4) is 0 Å². The third-order valence-electron chi connectivity index (χ3n) is 4.08.